The van der Waals surface area contributed by atoms with Gasteiger partial charge in [-0.05, 0) is 39.4 Å². The van der Waals surface area contributed by atoms with Crippen molar-refractivity contribution in [3.63, 3.8) is 0 Å². The fourth-order valence-electron chi connectivity index (χ4n) is 0.831. The van der Waals surface area contributed by atoms with E-state index in [0.29, 0.717) is 6.42 Å². The highest BCUT2D eigenvalue weighted by molar-refractivity contribution is 5.87. The Hall–Kier alpha value is -0.670. The first-order chi connectivity index (χ1) is 5.66. The van der Waals surface area contributed by atoms with Gasteiger partial charge in [0.1, 0.15) is 0 Å². The van der Waals surface area contributed by atoms with Crippen LogP contribution >= 0.6 is 0 Å². The van der Waals surface area contributed by atoms with Gasteiger partial charge in [-0.2, -0.15) is 0 Å². The Kier molecular flexibility index (Phi) is 6.61. The van der Waals surface area contributed by atoms with Gasteiger partial charge in [0.25, 0.3) is 0 Å². The topological polar surface area (TPSA) is 49.3 Å². The van der Waals surface area contributed by atoms with Crippen molar-refractivity contribution in [1.82, 2.24) is 5.32 Å². The molecule has 0 heterocycles. The molecule has 0 radical (unpaired) electrons. The van der Waals surface area contributed by atoms with Crippen LogP contribution in [0.4, 0.5) is 0 Å². The number of carbonyl (C=O) groups excluding carboxylic acids is 1. The first-order valence-electron chi connectivity index (χ1n) is 4.18. The number of aliphatic hydroxyl groups excluding tert-OH is 1. The van der Waals surface area contributed by atoms with Gasteiger partial charge in [0.2, 0.25) is 0 Å². The van der Waals surface area contributed by atoms with Gasteiger partial charge in [-0.1, -0.05) is 6.08 Å². The molecule has 0 rings (SSSR count). The number of hydrogen-bond acceptors (Lipinski definition) is 3. The molecule has 12 heavy (non-hydrogen) atoms. The summed E-state index contributed by atoms with van der Waals surface area (Å²) in [7, 11) is 1.87. The van der Waals surface area contributed by atoms with E-state index in [1.807, 2.05) is 7.05 Å². The van der Waals surface area contributed by atoms with Gasteiger partial charge in [-0.3, -0.25) is 4.79 Å². The van der Waals surface area contributed by atoms with Crippen LogP contribution in [0.5, 0.6) is 0 Å². The van der Waals surface area contributed by atoms with Gasteiger partial charge < -0.3 is 10.4 Å². The summed E-state index contributed by atoms with van der Waals surface area (Å²) >= 11 is 0. The van der Waals surface area contributed by atoms with E-state index >= 15 is 0 Å². The lowest BCUT2D eigenvalue weighted by molar-refractivity contribution is -0.112. The normalized spacial score (nSPS) is 13.6. The smallest absolute Gasteiger partial charge is 0.152 e. The number of nitrogens with one attached hydrogen (secondary N) is 1. The Bertz CT molecular complexity index is 155. The summed E-state index contributed by atoms with van der Waals surface area (Å²) in [6, 6.07) is 0. The zero-order chi connectivity index (χ0) is 9.40. The molecular weight excluding hydrogens is 154 g/mol. The zero-order valence-corrected chi connectivity index (χ0v) is 7.71. The van der Waals surface area contributed by atoms with Gasteiger partial charge >= 0.3 is 0 Å². The molecule has 70 valence electrons. The van der Waals surface area contributed by atoms with Gasteiger partial charge in [-0.25, -0.2) is 0 Å². The maximum atomic E-state index is 10.5. The Morgan fingerprint density at radius 1 is 1.67 bits per heavy atom. The highest BCUT2D eigenvalue weighted by Gasteiger charge is 1.97. The average Bonchev–Trinajstić information content (AvgIpc) is 2.01. The van der Waals surface area contributed by atoms with Crippen LogP contribution in [-0.2, 0) is 4.79 Å². The SMILES string of the molecule is CNCCCC(O)/C=C/C(C)=O. The number of allylic oxidation sites excluding steroid dienone is 1. The molecule has 3 nitrogen and oxygen atoms in total. The van der Waals surface area contributed by atoms with Crippen LogP contribution in [0, 0.1) is 0 Å². The Balaban J connectivity index is 3.45. The number of rotatable bonds is 6. The van der Waals surface area contributed by atoms with Crippen LogP contribution in [0.3, 0.4) is 0 Å². The third-order valence-electron chi connectivity index (χ3n) is 1.48. The van der Waals surface area contributed by atoms with Crippen molar-refractivity contribution in [3.8, 4) is 0 Å². The van der Waals surface area contributed by atoms with Crippen molar-refractivity contribution in [2.75, 3.05) is 13.6 Å². The lowest BCUT2D eigenvalue weighted by Crippen LogP contribution is -2.11. The molecule has 0 bridgehead atoms. The van der Waals surface area contributed by atoms with E-state index in [0.717, 1.165) is 13.0 Å². The van der Waals surface area contributed by atoms with E-state index in [1.165, 1.54) is 19.1 Å². The second-order valence-electron chi connectivity index (χ2n) is 2.78. The van der Waals surface area contributed by atoms with E-state index in [1.54, 1.807) is 0 Å². The van der Waals surface area contributed by atoms with Crippen molar-refractivity contribution < 1.29 is 9.90 Å². The van der Waals surface area contributed by atoms with Gasteiger partial charge in [0, 0.05) is 0 Å². The van der Waals surface area contributed by atoms with Crippen molar-refractivity contribution >= 4 is 5.78 Å². The Labute approximate surface area is 73.5 Å². The van der Waals surface area contributed by atoms with Crippen molar-refractivity contribution in [2.45, 2.75) is 25.9 Å². The van der Waals surface area contributed by atoms with Crippen LogP contribution in [-0.4, -0.2) is 30.6 Å². The van der Waals surface area contributed by atoms with E-state index in [-0.39, 0.29) is 5.78 Å². The summed E-state index contributed by atoms with van der Waals surface area (Å²) in [4.78, 5) is 10.5. The second-order valence-corrected chi connectivity index (χ2v) is 2.78. The molecule has 0 aromatic carbocycles. The highest BCUT2D eigenvalue weighted by atomic mass is 16.3. The number of carbonyl (C=O) groups is 1. The van der Waals surface area contributed by atoms with Crippen LogP contribution < -0.4 is 5.32 Å². The van der Waals surface area contributed by atoms with Crippen molar-refractivity contribution in [1.29, 1.82) is 0 Å². The Morgan fingerprint density at radius 3 is 2.83 bits per heavy atom. The summed E-state index contributed by atoms with van der Waals surface area (Å²) in [6.07, 6.45) is 4.08. The number of hydrogen-bond donors (Lipinski definition) is 2. The summed E-state index contributed by atoms with van der Waals surface area (Å²) in [5.41, 5.74) is 0. The number of ketones is 1. The summed E-state index contributed by atoms with van der Waals surface area (Å²) < 4.78 is 0. The number of aliphatic hydroxyl groups is 1. The molecule has 2 N–H and O–H groups in total. The molecule has 0 aromatic rings. The molecular formula is C9H17NO2. The monoisotopic (exact) mass is 171 g/mol. The molecule has 0 spiro atoms. The fourth-order valence-corrected chi connectivity index (χ4v) is 0.831. The van der Waals surface area contributed by atoms with Crippen LogP contribution in [0.15, 0.2) is 12.2 Å². The fraction of sp³-hybridized carbons (Fsp3) is 0.667. The molecule has 0 aliphatic rings. The minimum Gasteiger partial charge on any atom is -0.389 e. The summed E-state index contributed by atoms with van der Waals surface area (Å²) in [5.74, 6) is -0.0253. The molecule has 0 aromatic heterocycles. The van der Waals surface area contributed by atoms with Crippen molar-refractivity contribution in [3.05, 3.63) is 12.2 Å². The lowest BCUT2D eigenvalue weighted by Gasteiger charge is -2.03. The van der Waals surface area contributed by atoms with Crippen LogP contribution in [0.25, 0.3) is 0 Å². The first kappa shape index (κ1) is 11.3. The second kappa shape index (κ2) is 7.00. The summed E-state index contributed by atoms with van der Waals surface area (Å²) in [6.45, 7) is 2.36. The van der Waals surface area contributed by atoms with E-state index in [2.05, 4.69) is 5.32 Å². The molecule has 0 saturated carbocycles. The molecule has 0 saturated heterocycles. The summed E-state index contributed by atoms with van der Waals surface area (Å²) in [5, 5.41) is 12.2. The lowest BCUT2D eigenvalue weighted by atomic mass is 10.2. The first-order valence-corrected chi connectivity index (χ1v) is 4.18. The maximum Gasteiger partial charge on any atom is 0.152 e. The molecule has 1 atom stereocenters. The van der Waals surface area contributed by atoms with E-state index in [9.17, 15) is 9.90 Å². The largest absolute Gasteiger partial charge is 0.389 e. The van der Waals surface area contributed by atoms with Crippen LogP contribution in [0.2, 0.25) is 0 Å². The van der Waals surface area contributed by atoms with E-state index in [4.69, 9.17) is 0 Å². The minimum absolute atomic E-state index is 0.0253. The van der Waals surface area contributed by atoms with Crippen LogP contribution in [0.1, 0.15) is 19.8 Å². The molecule has 3 heteroatoms. The minimum atomic E-state index is -0.484. The Morgan fingerprint density at radius 2 is 2.33 bits per heavy atom. The predicted octanol–water partition coefficient (Wildman–Crippen LogP) is 0.492. The molecule has 0 fully saturated rings. The molecule has 0 amide bonds. The molecule has 0 aliphatic heterocycles. The zero-order valence-electron chi connectivity index (χ0n) is 7.71. The molecule has 1 unspecified atom stereocenters. The third-order valence-corrected chi connectivity index (χ3v) is 1.48. The maximum absolute atomic E-state index is 10.5. The molecule has 0 aliphatic carbocycles. The quantitative estimate of drug-likeness (QED) is 0.452. The van der Waals surface area contributed by atoms with Gasteiger partial charge in [-0.15, -0.1) is 0 Å². The van der Waals surface area contributed by atoms with Gasteiger partial charge in [0.05, 0.1) is 6.10 Å². The predicted molar refractivity (Wildman–Crippen MR) is 49.0 cm³/mol. The van der Waals surface area contributed by atoms with Gasteiger partial charge in [0.15, 0.2) is 5.78 Å². The average molecular weight is 171 g/mol. The standard InChI is InChI=1S/C9H17NO2/c1-8(11)5-6-9(12)4-3-7-10-2/h5-6,9-10,12H,3-4,7H2,1-2H3/b6-5+. The van der Waals surface area contributed by atoms with E-state index < -0.39 is 6.10 Å². The highest BCUT2D eigenvalue weighted by Crippen LogP contribution is 1.97. The van der Waals surface area contributed by atoms with Crippen molar-refractivity contribution in [2.24, 2.45) is 0 Å². The third kappa shape index (κ3) is 7.44.